The highest BCUT2D eigenvalue weighted by molar-refractivity contribution is 5.73. The summed E-state index contributed by atoms with van der Waals surface area (Å²) in [7, 11) is 0. The van der Waals surface area contributed by atoms with E-state index in [0.717, 1.165) is 77.3 Å². The second-order valence-corrected chi connectivity index (χ2v) is 6.50. The van der Waals surface area contributed by atoms with Crippen molar-refractivity contribution in [2.45, 2.75) is 77.6 Å². The number of amides is 2. The number of hydrogen-bond acceptors (Lipinski definition) is 4. The minimum atomic E-state index is -0.481. The zero-order valence-electron chi connectivity index (χ0n) is 16.0. The molecule has 0 fully saturated rings. The summed E-state index contributed by atoms with van der Waals surface area (Å²) in [5.41, 5.74) is 0. The summed E-state index contributed by atoms with van der Waals surface area (Å²) in [5.74, 6) is 0.152. The van der Waals surface area contributed by atoms with Crippen LogP contribution in [0.2, 0.25) is 0 Å². The summed E-state index contributed by atoms with van der Waals surface area (Å²) in [6.45, 7) is 3.65. The second-order valence-electron chi connectivity index (χ2n) is 6.50. The third-order valence-corrected chi connectivity index (χ3v) is 4.09. The number of aromatic nitrogens is 2. The Morgan fingerprint density at radius 1 is 1.00 bits per heavy atom. The summed E-state index contributed by atoms with van der Waals surface area (Å²) in [5, 5.41) is 9.41. The Balaban J connectivity index is 1.83. The van der Waals surface area contributed by atoms with Gasteiger partial charge in [-0.05, 0) is 44.9 Å². The predicted octanol–water partition coefficient (Wildman–Crippen LogP) is 3.68. The van der Waals surface area contributed by atoms with Gasteiger partial charge in [-0.2, -0.15) is 0 Å². The van der Waals surface area contributed by atoms with Crippen molar-refractivity contribution < 1.29 is 9.32 Å². The molecule has 26 heavy (non-hydrogen) atoms. The van der Waals surface area contributed by atoms with Crippen molar-refractivity contribution >= 4 is 6.03 Å². The fourth-order valence-corrected chi connectivity index (χ4v) is 2.56. The van der Waals surface area contributed by atoms with E-state index in [-0.39, 0.29) is 6.03 Å². The number of H-pyrrole nitrogens is 1. The molecule has 0 aliphatic rings. The molecular weight excluding hydrogens is 332 g/mol. The monoisotopic (exact) mass is 366 g/mol. The number of unbranched alkanes of at least 4 members (excludes halogenated alkanes) is 7. The molecule has 1 aromatic heterocycles. The molecule has 1 heterocycles. The van der Waals surface area contributed by atoms with Crippen molar-refractivity contribution in [3.05, 3.63) is 28.5 Å². The van der Waals surface area contributed by atoms with Gasteiger partial charge in [0.25, 0.3) is 0 Å². The SMILES string of the molecule is CCCCCNC(=O)NCCCC/C=C/CCCCCc1noc(=O)[nH]1. The molecule has 0 aliphatic carbocycles. The number of rotatable bonds is 15. The largest absolute Gasteiger partial charge is 0.438 e. The Morgan fingerprint density at radius 2 is 1.65 bits per heavy atom. The fraction of sp³-hybridized carbons (Fsp3) is 0.737. The second kappa shape index (κ2) is 15.2. The van der Waals surface area contributed by atoms with E-state index in [1.54, 1.807) is 0 Å². The van der Waals surface area contributed by atoms with Crippen LogP contribution in [0.25, 0.3) is 0 Å². The number of nitrogens with zero attached hydrogens (tertiary/aromatic N) is 1. The van der Waals surface area contributed by atoms with Gasteiger partial charge in [0.15, 0.2) is 5.82 Å². The molecule has 1 aromatic rings. The van der Waals surface area contributed by atoms with Crippen molar-refractivity contribution in [3.8, 4) is 0 Å². The third-order valence-electron chi connectivity index (χ3n) is 4.09. The molecule has 3 N–H and O–H groups in total. The van der Waals surface area contributed by atoms with E-state index in [0.29, 0.717) is 5.82 Å². The quantitative estimate of drug-likeness (QED) is 0.325. The van der Waals surface area contributed by atoms with Crippen LogP contribution in [0.4, 0.5) is 4.79 Å². The van der Waals surface area contributed by atoms with Crippen molar-refractivity contribution in [2.75, 3.05) is 13.1 Å². The third kappa shape index (κ3) is 12.3. The topological polar surface area (TPSA) is 100 Å². The molecule has 148 valence electrons. The predicted molar refractivity (Wildman–Crippen MR) is 103 cm³/mol. The molecule has 0 saturated heterocycles. The maximum atomic E-state index is 11.5. The summed E-state index contributed by atoms with van der Waals surface area (Å²) in [6, 6.07) is -0.0497. The van der Waals surface area contributed by atoms with Crippen LogP contribution < -0.4 is 16.4 Å². The first-order chi connectivity index (χ1) is 12.7. The maximum Gasteiger partial charge on any atom is 0.438 e. The van der Waals surface area contributed by atoms with E-state index >= 15 is 0 Å². The molecule has 7 nitrogen and oxygen atoms in total. The van der Waals surface area contributed by atoms with E-state index in [4.69, 9.17) is 0 Å². The smallest absolute Gasteiger partial charge is 0.338 e. The van der Waals surface area contributed by atoms with E-state index < -0.39 is 5.76 Å². The molecule has 0 bridgehead atoms. The van der Waals surface area contributed by atoms with E-state index in [1.807, 2.05) is 0 Å². The van der Waals surface area contributed by atoms with Gasteiger partial charge in [-0.1, -0.05) is 43.5 Å². The highest BCUT2D eigenvalue weighted by Crippen LogP contribution is 2.05. The van der Waals surface area contributed by atoms with Gasteiger partial charge in [0.2, 0.25) is 0 Å². The molecule has 0 unspecified atom stereocenters. The molecule has 7 heteroatoms. The standard InChI is InChI=1S/C19H34N4O3/c1-2-3-12-15-20-18(24)21-16-13-10-8-6-4-5-7-9-11-14-17-22-19(25)26-23-17/h4,6H,2-3,5,7-16H2,1H3,(H2,20,21,24)(H,22,23,25)/b6-4+. The van der Waals surface area contributed by atoms with E-state index in [1.165, 1.54) is 6.42 Å². The first kappa shape index (κ1) is 22.0. The molecule has 2 amide bonds. The summed E-state index contributed by atoms with van der Waals surface area (Å²) in [4.78, 5) is 24.8. The van der Waals surface area contributed by atoms with Crippen LogP contribution in [0.15, 0.2) is 21.5 Å². The lowest BCUT2D eigenvalue weighted by Gasteiger charge is -2.06. The van der Waals surface area contributed by atoms with E-state index in [9.17, 15) is 9.59 Å². The van der Waals surface area contributed by atoms with Gasteiger partial charge in [0.1, 0.15) is 0 Å². The Kier molecular flexibility index (Phi) is 12.9. The summed E-state index contributed by atoms with van der Waals surface area (Å²) >= 11 is 0. The number of hydrogen-bond donors (Lipinski definition) is 3. The van der Waals surface area contributed by atoms with Crippen molar-refractivity contribution in [2.24, 2.45) is 0 Å². The van der Waals surface area contributed by atoms with Crippen molar-refractivity contribution in [1.29, 1.82) is 0 Å². The zero-order valence-corrected chi connectivity index (χ0v) is 16.0. The van der Waals surface area contributed by atoms with Gasteiger partial charge in [-0.15, -0.1) is 0 Å². The number of aryl methyl sites for hydroxylation is 1. The Morgan fingerprint density at radius 3 is 2.27 bits per heavy atom. The van der Waals surface area contributed by atoms with Crippen LogP contribution in [0.5, 0.6) is 0 Å². The van der Waals surface area contributed by atoms with Gasteiger partial charge in [0.05, 0.1) is 0 Å². The Labute approximate surface area is 156 Å². The average Bonchev–Trinajstić information content (AvgIpc) is 3.05. The van der Waals surface area contributed by atoms with Gasteiger partial charge >= 0.3 is 11.8 Å². The van der Waals surface area contributed by atoms with Crippen LogP contribution in [-0.4, -0.2) is 29.3 Å². The molecule has 1 rings (SSSR count). The number of aromatic amines is 1. The lowest BCUT2D eigenvalue weighted by Crippen LogP contribution is -2.36. The minimum Gasteiger partial charge on any atom is -0.338 e. The molecule has 0 aromatic carbocycles. The number of urea groups is 1. The van der Waals surface area contributed by atoms with Gasteiger partial charge < -0.3 is 10.6 Å². The molecule has 0 radical (unpaired) electrons. The van der Waals surface area contributed by atoms with Gasteiger partial charge in [0, 0.05) is 19.5 Å². The van der Waals surface area contributed by atoms with Crippen molar-refractivity contribution in [1.82, 2.24) is 20.8 Å². The van der Waals surface area contributed by atoms with Crippen molar-refractivity contribution in [3.63, 3.8) is 0 Å². The molecule has 0 aliphatic heterocycles. The van der Waals surface area contributed by atoms with Gasteiger partial charge in [-0.3, -0.25) is 9.51 Å². The zero-order chi connectivity index (χ0) is 18.9. The van der Waals surface area contributed by atoms with Crippen LogP contribution in [0.1, 0.15) is 77.0 Å². The molecule has 0 saturated carbocycles. The summed E-state index contributed by atoms with van der Waals surface area (Å²) in [6.07, 6.45) is 16.1. The fourth-order valence-electron chi connectivity index (χ4n) is 2.56. The maximum absolute atomic E-state index is 11.5. The normalized spacial score (nSPS) is 11.1. The Bertz CT molecular complexity index is 551. The average molecular weight is 367 g/mol. The highest BCUT2D eigenvalue weighted by Gasteiger charge is 1.99. The first-order valence-electron chi connectivity index (χ1n) is 9.94. The lowest BCUT2D eigenvalue weighted by molar-refractivity contribution is 0.240. The summed E-state index contributed by atoms with van der Waals surface area (Å²) < 4.78 is 4.46. The van der Waals surface area contributed by atoms with Crippen LogP contribution in [0, 0.1) is 0 Å². The molecule has 0 atom stereocenters. The number of allylic oxidation sites excluding steroid dienone is 2. The van der Waals surface area contributed by atoms with E-state index in [2.05, 4.69) is 44.4 Å². The van der Waals surface area contributed by atoms with Gasteiger partial charge in [-0.25, -0.2) is 9.59 Å². The molecule has 0 spiro atoms. The minimum absolute atomic E-state index is 0.0497. The number of nitrogens with one attached hydrogen (secondary N) is 3. The van der Waals surface area contributed by atoms with Crippen LogP contribution >= 0.6 is 0 Å². The van der Waals surface area contributed by atoms with Crippen LogP contribution in [-0.2, 0) is 6.42 Å². The highest BCUT2D eigenvalue weighted by atomic mass is 16.5. The number of carbonyl (C=O) groups is 1. The number of carbonyl (C=O) groups excluding carboxylic acids is 1. The van der Waals surface area contributed by atoms with Crippen LogP contribution in [0.3, 0.4) is 0 Å². The Hall–Kier alpha value is -2.05. The molecular formula is C19H34N4O3. The first-order valence-corrected chi connectivity index (χ1v) is 9.94. The lowest BCUT2D eigenvalue weighted by atomic mass is 10.1.